The van der Waals surface area contributed by atoms with Crippen molar-refractivity contribution >= 4 is 0 Å². The molecule has 12 heavy (non-hydrogen) atoms. The summed E-state index contributed by atoms with van der Waals surface area (Å²) in [5.41, 5.74) is 0. The first kappa shape index (κ1) is 14.7. The van der Waals surface area contributed by atoms with Gasteiger partial charge < -0.3 is 26.7 Å². The molecule has 0 rings (SSSR count). The van der Waals surface area contributed by atoms with Gasteiger partial charge >= 0.3 is 0 Å². The molecular weight excluding hydrogens is 178 g/mol. The summed E-state index contributed by atoms with van der Waals surface area (Å²) < 4.78 is 6.13. The Bertz CT molecular complexity index is 99.1. The minimum absolute atomic E-state index is 0. The van der Waals surface area contributed by atoms with Crippen LogP contribution in [0.15, 0.2) is 0 Å². The summed E-state index contributed by atoms with van der Waals surface area (Å²) in [4.78, 5) is 0. The summed E-state index contributed by atoms with van der Waals surface area (Å²) in [6, 6.07) is 0. The fourth-order valence-corrected chi connectivity index (χ4v) is 0.636. The van der Waals surface area contributed by atoms with E-state index in [1.165, 1.54) is 0 Å². The molecule has 0 saturated heterocycles. The van der Waals surface area contributed by atoms with E-state index < -0.39 is 0 Å². The molecule has 0 aliphatic carbocycles. The highest BCUT2D eigenvalue weighted by Gasteiger charge is 2.09. The van der Waals surface area contributed by atoms with Gasteiger partial charge in [-0.1, -0.05) is 0 Å². The molecule has 0 radical (unpaired) electrons. The predicted octanol–water partition coefficient (Wildman–Crippen LogP) is -2.90. The van der Waals surface area contributed by atoms with Crippen LogP contribution in [0.3, 0.4) is 0 Å². The maximum absolute atomic E-state index is 8.42. The Labute approximate surface area is 81.3 Å². The summed E-state index contributed by atoms with van der Waals surface area (Å²) in [5, 5.41) is 8.42. The van der Waals surface area contributed by atoms with Crippen LogP contribution in [0.2, 0.25) is 0 Å². The number of quaternary nitrogens is 1. The summed E-state index contributed by atoms with van der Waals surface area (Å²) in [6.07, 6.45) is 0. The van der Waals surface area contributed by atoms with Gasteiger partial charge in [-0.25, -0.2) is 0 Å². The number of nitrogens with zero attached hydrogens (tertiary/aromatic N) is 1. The van der Waals surface area contributed by atoms with E-state index in [1.807, 2.05) is 0 Å². The summed E-state index contributed by atoms with van der Waals surface area (Å²) in [7, 11) is 4.34. The van der Waals surface area contributed by atoms with E-state index in [0.717, 1.165) is 24.2 Å². The van der Waals surface area contributed by atoms with Crippen molar-refractivity contribution in [2.75, 3.05) is 47.0 Å². The molecule has 0 aromatic heterocycles. The molecule has 76 valence electrons. The number of rotatable bonds is 6. The van der Waals surface area contributed by atoms with E-state index in [2.05, 4.69) is 21.0 Å². The Balaban J connectivity index is 0. The van der Waals surface area contributed by atoms with E-state index in [4.69, 9.17) is 9.84 Å². The molecule has 0 aliphatic heterocycles. The smallest absolute Gasteiger partial charge is 0.102 e. The lowest BCUT2D eigenvalue weighted by molar-refractivity contribution is -0.888. The number of halogens is 1. The zero-order valence-electron chi connectivity index (χ0n) is 8.22. The minimum Gasteiger partial charge on any atom is -1.00 e. The highest BCUT2D eigenvalue weighted by Crippen LogP contribution is 1.94. The zero-order chi connectivity index (χ0) is 8.74. The van der Waals surface area contributed by atoms with E-state index in [9.17, 15) is 0 Å². The Morgan fingerprint density at radius 1 is 1.25 bits per heavy atom. The fraction of sp³-hybridized carbons (Fsp3) is 1.00. The van der Waals surface area contributed by atoms with Gasteiger partial charge in [0.1, 0.15) is 6.54 Å². The number of likely N-dealkylation sites (N-methyl/N-ethyl adjacent to an activating group) is 1. The van der Waals surface area contributed by atoms with Gasteiger partial charge in [-0.05, 0) is 6.92 Å². The second-order valence-corrected chi connectivity index (χ2v) is 3.31. The third kappa shape index (κ3) is 8.27. The zero-order valence-corrected chi connectivity index (χ0v) is 8.97. The summed E-state index contributed by atoms with van der Waals surface area (Å²) in [5.74, 6) is 0. The van der Waals surface area contributed by atoms with Gasteiger partial charge in [-0.2, -0.15) is 0 Å². The van der Waals surface area contributed by atoms with E-state index in [0.29, 0.717) is 6.61 Å². The van der Waals surface area contributed by atoms with Gasteiger partial charge in [-0.15, -0.1) is 0 Å². The molecule has 0 spiro atoms. The largest absolute Gasteiger partial charge is 1.00 e. The molecule has 0 unspecified atom stereocenters. The van der Waals surface area contributed by atoms with Crippen molar-refractivity contribution in [3.8, 4) is 0 Å². The van der Waals surface area contributed by atoms with Gasteiger partial charge in [0.2, 0.25) is 0 Å². The van der Waals surface area contributed by atoms with Gasteiger partial charge in [0.05, 0.1) is 40.5 Å². The molecule has 0 heterocycles. The van der Waals surface area contributed by atoms with E-state index >= 15 is 0 Å². The molecule has 0 aromatic rings. The topological polar surface area (TPSA) is 29.5 Å². The highest BCUT2D eigenvalue weighted by molar-refractivity contribution is 4.31. The van der Waals surface area contributed by atoms with Crippen LogP contribution in [-0.2, 0) is 4.74 Å². The van der Waals surface area contributed by atoms with Crippen LogP contribution in [0, 0.1) is 0 Å². The Kier molecular flexibility index (Phi) is 9.54. The lowest BCUT2D eigenvalue weighted by Crippen LogP contribution is -3.00. The Morgan fingerprint density at radius 2 is 1.83 bits per heavy atom. The maximum Gasteiger partial charge on any atom is 0.102 e. The first-order chi connectivity index (χ1) is 5.12. The van der Waals surface area contributed by atoms with Crippen molar-refractivity contribution in [2.45, 2.75) is 6.92 Å². The van der Waals surface area contributed by atoms with Crippen LogP contribution >= 0.6 is 0 Å². The van der Waals surface area contributed by atoms with Crippen LogP contribution in [-0.4, -0.2) is 56.6 Å². The Hall–Kier alpha value is 0.170. The third-order valence-corrected chi connectivity index (χ3v) is 1.93. The normalized spacial score (nSPS) is 11.0. The number of hydrogen-bond donors (Lipinski definition) is 1. The van der Waals surface area contributed by atoms with Crippen LogP contribution < -0.4 is 12.4 Å². The van der Waals surface area contributed by atoms with Crippen molar-refractivity contribution in [1.29, 1.82) is 0 Å². The molecule has 0 amide bonds. The predicted molar refractivity (Wildman–Crippen MR) is 45.4 cm³/mol. The number of ether oxygens (including phenoxy) is 1. The van der Waals surface area contributed by atoms with Crippen LogP contribution in [0.5, 0.6) is 0 Å². The van der Waals surface area contributed by atoms with Crippen molar-refractivity contribution in [3.63, 3.8) is 0 Å². The van der Waals surface area contributed by atoms with E-state index in [-0.39, 0.29) is 19.0 Å². The average Bonchev–Trinajstić information content (AvgIpc) is 1.99. The highest BCUT2D eigenvalue weighted by atomic mass is 35.5. The molecule has 0 aliphatic rings. The maximum atomic E-state index is 8.42. The second kappa shape index (κ2) is 7.80. The lowest BCUT2D eigenvalue weighted by Gasteiger charge is -2.27. The molecule has 0 bridgehead atoms. The molecule has 3 nitrogen and oxygen atoms in total. The number of aliphatic hydroxyl groups excluding tert-OH is 1. The fourth-order valence-electron chi connectivity index (χ4n) is 0.636. The molecule has 1 N–H and O–H groups in total. The summed E-state index contributed by atoms with van der Waals surface area (Å²) in [6.45, 7) is 5.61. The van der Waals surface area contributed by atoms with Crippen LogP contribution in [0.4, 0.5) is 0 Å². The van der Waals surface area contributed by atoms with Gasteiger partial charge in [0.25, 0.3) is 0 Å². The van der Waals surface area contributed by atoms with Gasteiger partial charge in [0.15, 0.2) is 0 Å². The summed E-state index contributed by atoms with van der Waals surface area (Å²) >= 11 is 0. The number of aliphatic hydroxyl groups is 1. The molecular formula is C8H20ClNO2. The molecule has 0 aromatic carbocycles. The minimum atomic E-state index is 0. The Morgan fingerprint density at radius 3 is 2.25 bits per heavy atom. The van der Waals surface area contributed by atoms with Crippen LogP contribution in [0.25, 0.3) is 0 Å². The van der Waals surface area contributed by atoms with Crippen LogP contribution in [0.1, 0.15) is 6.92 Å². The average molecular weight is 198 g/mol. The molecule has 0 fully saturated rings. The van der Waals surface area contributed by atoms with Gasteiger partial charge in [-0.3, -0.25) is 0 Å². The first-order valence-electron chi connectivity index (χ1n) is 4.13. The standard InChI is InChI=1S/C8H20NO2.ClH/c1-4-9(2,3)5-7-11-8-6-10;/h10H,4-8H2,1-3H3;1H/q+1;/p-1. The lowest BCUT2D eigenvalue weighted by atomic mass is 10.4. The molecule has 4 heteroatoms. The second-order valence-electron chi connectivity index (χ2n) is 3.31. The monoisotopic (exact) mass is 197 g/mol. The number of hydrogen-bond acceptors (Lipinski definition) is 2. The third-order valence-electron chi connectivity index (χ3n) is 1.93. The van der Waals surface area contributed by atoms with Crippen molar-refractivity contribution < 1.29 is 26.7 Å². The van der Waals surface area contributed by atoms with Crippen molar-refractivity contribution in [2.24, 2.45) is 0 Å². The SMILES string of the molecule is CC[N+](C)(C)CCOCCO.[Cl-]. The first-order valence-corrected chi connectivity index (χ1v) is 4.13. The van der Waals surface area contributed by atoms with Gasteiger partial charge in [0, 0.05) is 0 Å². The van der Waals surface area contributed by atoms with E-state index in [1.54, 1.807) is 0 Å². The molecule has 0 atom stereocenters. The van der Waals surface area contributed by atoms with Crippen molar-refractivity contribution in [1.82, 2.24) is 0 Å². The quantitative estimate of drug-likeness (QED) is 0.366. The molecule has 0 saturated carbocycles. The van der Waals surface area contributed by atoms with Crippen molar-refractivity contribution in [3.05, 3.63) is 0 Å².